The van der Waals surface area contributed by atoms with Crippen molar-refractivity contribution in [2.75, 3.05) is 6.61 Å². The number of nitrogens with one attached hydrogen (secondary N) is 1. The fourth-order valence-corrected chi connectivity index (χ4v) is 5.01. The summed E-state index contributed by atoms with van der Waals surface area (Å²) >= 11 is 1.64. The molecule has 1 N–H and O–H groups in total. The van der Waals surface area contributed by atoms with Crippen molar-refractivity contribution in [3.8, 4) is 0 Å². The maximum absolute atomic E-state index is 12.9. The molecule has 0 radical (unpaired) electrons. The summed E-state index contributed by atoms with van der Waals surface area (Å²) in [5, 5.41) is 3.85. The average Bonchev–Trinajstić information content (AvgIpc) is 3.27. The molecule has 146 valence electrons. The number of carbonyl (C=O) groups excluding carboxylic acids is 2. The van der Waals surface area contributed by atoms with Crippen molar-refractivity contribution < 1.29 is 14.3 Å². The summed E-state index contributed by atoms with van der Waals surface area (Å²) in [6.45, 7) is 3.85. The Morgan fingerprint density at radius 2 is 2.04 bits per heavy atom. The smallest absolute Gasteiger partial charge is 0.313 e. The molecule has 0 aliphatic heterocycles. The van der Waals surface area contributed by atoms with Crippen molar-refractivity contribution in [1.82, 2.24) is 10.3 Å². The summed E-state index contributed by atoms with van der Waals surface area (Å²) in [6.07, 6.45) is 6.15. The van der Waals surface area contributed by atoms with Gasteiger partial charge in [-0.1, -0.05) is 38.3 Å². The van der Waals surface area contributed by atoms with E-state index in [0.29, 0.717) is 6.42 Å². The van der Waals surface area contributed by atoms with Crippen LogP contribution in [0.15, 0.2) is 24.3 Å². The number of thiazole rings is 1. The maximum Gasteiger partial charge on any atom is 0.313 e. The molecule has 0 unspecified atom stereocenters. The number of amides is 1. The van der Waals surface area contributed by atoms with Gasteiger partial charge in [-0.05, 0) is 38.3 Å². The summed E-state index contributed by atoms with van der Waals surface area (Å²) < 4.78 is 6.58. The number of aromatic nitrogens is 1. The van der Waals surface area contributed by atoms with Crippen molar-refractivity contribution in [2.45, 2.75) is 64.8 Å². The lowest BCUT2D eigenvalue weighted by Gasteiger charge is -2.25. The number of para-hydroxylation sites is 1. The highest BCUT2D eigenvalue weighted by atomic mass is 32.1. The third-order valence-corrected chi connectivity index (χ3v) is 6.32. The van der Waals surface area contributed by atoms with Crippen LogP contribution in [-0.2, 0) is 20.7 Å². The highest BCUT2D eigenvalue weighted by Gasteiger charge is 2.43. The number of benzene rings is 1. The van der Waals surface area contributed by atoms with E-state index in [2.05, 4.69) is 18.3 Å². The molecule has 6 heteroatoms. The average molecular weight is 389 g/mol. The highest BCUT2D eigenvalue weighted by Crippen LogP contribution is 2.43. The standard InChI is InChI=1S/C21H28N2O3S/c1-3-8-15(2)22-18(24)14-26-20(25)21(11-6-7-12-21)13-19-23-16-9-4-5-10-17(16)27-19/h4-5,9-10,15H,3,6-8,11-14H2,1-2H3,(H,22,24)/t15-/m1/s1. The van der Waals surface area contributed by atoms with Gasteiger partial charge >= 0.3 is 5.97 Å². The number of fused-ring (bicyclic) bond motifs is 1. The van der Waals surface area contributed by atoms with Crippen molar-refractivity contribution in [3.05, 3.63) is 29.3 Å². The zero-order valence-corrected chi connectivity index (χ0v) is 16.9. The van der Waals surface area contributed by atoms with E-state index in [9.17, 15) is 9.59 Å². The first kappa shape index (κ1) is 19.8. The topological polar surface area (TPSA) is 68.3 Å². The molecule has 1 amide bonds. The first-order chi connectivity index (χ1) is 13.0. The van der Waals surface area contributed by atoms with E-state index in [4.69, 9.17) is 9.72 Å². The van der Waals surface area contributed by atoms with Gasteiger partial charge in [-0.3, -0.25) is 9.59 Å². The van der Waals surface area contributed by atoms with Gasteiger partial charge < -0.3 is 10.1 Å². The third kappa shape index (κ3) is 4.86. The fourth-order valence-electron chi connectivity index (χ4n) is 3.90. The number of esters is 1. The van der Waals surface area contributed by atoms with Gasteiger partial charge in [-0.15, -0.1) is 11.3 Å². The maximum atomic E-state index is 12.9. The molecule has 1 saturated carbocycles. The first-order valence-electron chi connectivity index (χ1n) is 9.83. The van der Waals surface area contributed by atoms with Crippen LogP contribution in [0.5, 0.6) is 0 Å². The molecule has 1 aliphatic carbocycles. The van der Waals surface area contributed by atoms with E-state index in [1.807, 2.05) is 25.1 Å². The van der Waals surface area contributed by atoms with Gasteiger partial charge in [0.1, 0.15) is 0 Å². The lowest BCUT2D eigenvalue weighted by atomic mass is 9.83. The minimum atomic E-state index is -0.539. The lowest BCUT2D eigenvalue weighted by Crippen LogP contribution is -2.38. The summed E-state index contributed by atoms with van der Waals surface area (Å²) in [7, 11) is 0. The lowest BCUT2D eigenvalue weighted by molar-refractivity contribution is -0.159. The number of ether oxygens (including phenoxy) is 1. The molecule has 27 heavy (non-hydrogen) atoms. The van der Waals surface area contributed by atoms with Crippen LogP contribution in [0.4, 0.5) is 0 Å². The van der Waals surface area contributed by atoms with Gasteiger partial charge in [-0.25, -0.2) is 4.98 Å². The molecule has 3 rings (SSSR count). The Morgan fingerprint density at radius 1 is 1.30 bits per heavy atom. The Balaban J connectivity index is 1.63. The van der Waals surface area contributed by atoms with E-state index in [1.54, 1.807) is 11.3 Å². The van der Waals surface area contributed by atoms with Crippen LogP contribution in [0.25, 0.3) is 10.2 Å². The van der Waals surface area contributed by atoms with Crippen molar-refractivity contribution >= 4 is 33.4 Å². The number of hydrogen-bond donors (Lipinski definition) is 1. The minimum Gasteiger partial charge on any atom is -0.455 e. The predicted molar refractivity (Wildman–Crippen MR) is 108 cm³/mol. The molecule has 5 nitrogen and oxygen atoms in total. The Morgan fingerprint density at radius 3 is 2.74 bits per heavy atom. The Hall–Kier alpha value is -1.95. The zero-order valence-electron chi connectivity index (χ0n) is 16.1. The number of nitrogens with zero attached hydrogens (tertiary/aromatic N) is 1. The van der Waals surface area contributed by atoms with E-state index in [-0.39, 0.29) is 24.5 Å². The first-order valence-corrected chi connectivity index (χ1v) is 10.6. The third-order valence-electron chi connectivity index (χ3n) is 5.28. The van der Waals surface area contributed by atoms with Crippen LogP contribution < -0.4 is 5.32 Å². The summed E-state index contributed by atoms with van der Waals surface area (Å²) in [4.78, 5) is 29.6. The van der Waals surface area contributed by atoms with Gasteiger partial charge in [0.05, 0.1) is 20.6 Å². The van der Waals surface area contributed by atoms with Crippen LogP contribution in [0.2, 0.25) is 0 Å². The van der Waals surface area contributed by atoms with Crippen LogP contribution >= 0.6 is 11.3 Å². The predicted octanol–water partition coefficient (Wildman–Crippen LogP) is 4.25. The Kier molecular flexibility index (Phi) is 6.47. The van der Waals surface area contributed by atoms with Crippen LogP contribution in [-0.4, -0.2) is 29.5 Å². The second-order valence-corrected chi connectivity index (χ2v) is 8.69. The molecular formula is C21H28N2O3S. The number of hydrogen-bond acceptors (Lipinski definition) is 5. The molecule has 0 spiro atoms. The number of rotatable bonds is 8. The van der Waals surface area contributed by atoms with Crippen molar-refractivity contribution in [2.24, 2.45) is 5.41 Å². The van der Waals surface area contributed by atoms with Crippen LogP contribution in [0.1, 0.15) is 57.4 Å². The molecule has 0 bridgehead atoms. The Bertz CT molecular complexity index is 763. The minimum absolute atomic E-state index is 0.101. The SMILES string of the molecule is CCC[C@@H](C)NC(=O)COC(=O)C1(Cc2nc3ccccc3s2)CCCC1. The molecule has 1 aromatic heterocycles. The van der Waals surface area contributed by atoms with Gasteiger partial charge in [-0.2, -0.15) is 0 Å². The van der Waals surface area contributed by atoms with Crippen molar-refractivity contribution in [1.29, 1.82) is 0 Å². The molecule has 1 aromatic carbocycles. The van der Waals surface area contributed by atoms with Gasteiger partial charge in [0.2, 0.25) is 0 Å². The van der Waals surface area contributed by atoms with Gasteiger partial charge in [0.25, 0.3) is 5.91 Å². The quantitative estimate of drug-likeness (QED) is 0.687. The van der Waals surface area contributed by atoms with Crippen LogP contribution in [0, 0.1) is 5.41 Å². The monoisotopic (exact) mass is 388 g/mol. The second kappa shape index (κ2) is 8.83. The van der Waals surface area contributed by atoms with E-state index in [0.717, 1.165) is 53.7 Å². The summed E-state index contributed by atoms with van der Waals surface area (Å²) in [5.74, 6) is -0.477. The summed E-state index contributed by atoms with van der Waals surface area (Å²) in [6, 6.07) is 8.13. The molecular weight excluding hydrogens is 360 g/mol. The molecule has 1 heterocycles. The van der Waals surface area contributed by atoms with E-state index >= 15 is 0 Å². The molecule has 1 fully saturated rings. The van der Waals surface area contributed by atoms with Crippen LogP contribution in [0.3, 0.4) is 0 Å². The summed E-state index contributed by atoms with van der Waals surface area (Å²) in [5.41, 5.74) is 0.437. The zero-order chi connectivity index (χ0) is 19.3. The largest absolute Gasteiger partial charge is 0.455 e. The second-order valence-electron chi connectivity index (χ2n) is 7.57. The van der Waals surface area contributed by atoms with E-state index < -0.39 is 5.41 Å². The molecule has 0 saturated heterocycles. The molecule has 1 atom stereocenters. The fraction of sp³-hybridized carbons (Fsp3) is 0.571. The highest BCUT2D eigenvalue weighted by molar-refractivity contribution is 7.18. The Labute approximate surface area is 164 Å². The molecule has 2 aromatic rings. The van der Waals surface area contributed by atoms with Gasteiger partial charge in [0, 0.05) is 12.5 Å². The van der Waals surface area contributed by atoms with Crippen molar-refractivity contribution in [3.63, 3.8) is 0 Å². The molecule has 1 aliphatic rings. The normalized spacial score (nSPS) is 17.0. The van der Waals surface area contributed by atoms with Gasteiger partial charge in [0.15, 0.2) is 6.61 Å². The number of carbonyl (C=O) groups is 2. The van der Waals surface area contributed by atoms with E-state index in [1.165, 1.54) is 0 Å².